The molecule has 2 unspecified atom stereocenters. The van der Waals surface area contributed by atoms with Crippen molar-refractivity contribution in [3.05, 3.63) is 41.5 Å². The zero-order valence-electron chi connectivity index (χ0n) is 12.3. The number of thioether (sulfide) groups is 1. The molecule has 1 heterocycles. The number of aromatic nitrogens is 2. The predicted octanol–water partition coefficient (Wildman–Crippen LogP) is 3.05. The molecule has 21 heavy (non-hydrogen) atoms. The highest BCUT2D eigenvalue weighted by Gasteiger charge is 2.16. The molecule has 1 aromatic carbocycles. The number of aromatic hydroxyl groups is 1. The van der Waals surface area contributed by atoms with Crippen molar-refractivity contribution in [2.24, 2.45) is 5.73 Å². The van der Waals surface area contributed by atoms with Crippen molar-refractivity contribution in [3.63, 3.8) is 0 Å². The van der Waals surface area contributed by atoms with E-state index in [1.165, 1.54) is 0 Å². The zero-order chi connectivity index (χ0) is 15.2. The maximum atomic E-state index is 9.26. The number of nitrogens with zero attached hydrogens (tertiary/aromatic N) is 2. The van der Waals surface area contributed by atoms with E-state index in [9.17, 15) is 5.11 Å². The summed E-state index contributed by atoms with van der Waals surface area (Å²) in [6.45, 7) is 4.34. The van der Waals surface area contributed by atoms with Crippen molar-refractivity contribution in [2.75, 3.05) is 0 Å². The number of hydrogen-bond donors (Lipinski definition) is 2. The van der Waals surface area contributed by atoms with Crippen LogP contribution in [0.1, 0.15) is 43.6 Å². The summed E-state index contributed by atoms with van der Waals surface area (Å²) in [5, 5.41) is 13.8. The van der Waals surface area contributed by atoms with Crippen LogP contribution in [0, 0.1) is 0 Å². The van der Waals surface area contributed by atoms with E-state index in [1.807, 2.05) is 12.1 Å². The Morgan fingerprint density at radius 1 is 1.33 bits per heavy atom. The summed E-state index contributed by atoms with van der Waals surface area (Å²) in [6.07, 6.45) is 1.72. The molecule has 0 aliphatic rings. The van der Waals surface area contributed by atoms with Crippen LogP contribution in [-0.2, 0) is 12.2 Å². The molecule has 3 N–H and O–H groups in total. The van der Waals surface area contributed by atoms with Gasteiger partial charge in [0.25, 0.3) is 0 Å². The summed E-state index contributed by atoms with van der Waals surface area (Å²) in [4.78, 5) is 4.36. The molecule has 5 nitrogen and oxygen atoms in total. The molecule has 0 saturated heterocycles. The van der Waals surface area contributed by atoms with Crippen LogP contribution in [0.3, 0.4) is 0 Å². The molecule has 0 aliphatic heterocycles. The average molecular weight is 307 g/mol. The largest absolute Gasteiger partial charge is 0.508 e. The van der Waals surface area contributed by atoms with Gasteiger partial charge < -0.3 is 15.4 Å². The number of phenolic OH excluding ortho intramolecular Hbond substituents is 1. The molecular formula is C15H21N3O2S. The van der Waals surface area contributed by atoms with Crippen LogP contribution in [0.15, 0.2) is 28.8 Å². The van der Waals surface area contributed by atoms with E-state index < -0.39 is 0 Å². The van der Waals surface area contributed by atoms with Gasteiger partial charge in [0.2, 0.25) is 5.89 Å². The highest BCUT2D eigenvalue weighted by atomic mass is 32.2. The Hall–Kier alpha value is -1.53. The molecule has 0 aliphatic carbocycles. The molecule has 0 radical (unpaired) electrons. The van der Waals surface area contributed by atoms with Crippen LogP contribution >= 0.6 is 11.8 Å². The van der Waals surface area contributed by atoms with E-state index >= 15 is 0 Å². The first kappa shape index (κ1) is 15.9. The van der Waals surface area contributed by atoms with Gasteiger partial charge in [0.15, 0.2) is 5.82 Å². The first-order valence-corrected chi connectivity index (χ1v) is 8.11. The number of phenols is 1. The minimum absolute atomic E-state index is 0.245. The minimum Gasteiger partial charge on any atom is -0.508 e. The summed E-state index contributed by atoms with van der Waals surface area (Å²) >= 11 is 1.81. The Kier molecular flexibility index (Phi) is 5.64. The third-order valence-electron chi connectivity index (χ3n) is 3.26. The highest BCUT2D eigenvalue weighted by Crippen LogP contribution is 2.20. The minimum atomic E-state index is -0.329. The lowest BCUT2D eigenvalue weighted by molar-refractivity contribution is 0.351. The first-order valence-electron chi connectivity index (χ1n) is 7.06. The fraction of sp³-hybridized carbons (Fsp3) is 0.467. The Morgan fingerprint density at radius 3 is 2.71 bits per heavy atom. The van der Waals surface area contributed by atoms with Gasteiger partial charge >= 0.3 is 0 Å². The van der Waals surface area contributed by atoms with Crippen LogP contribution in [0.4, 0.5) is 0 Å². The zero-order valence-corrected chi connectivity index (χ0v) is 13.1. The van der Waals surface area contributed by atoms with Gasteiger partial charge in [0.1, 0.15) is 5.75 Å². The van der Waals surface area contributed by atoms with Crippen LogP contribution < -0.4 is 5.73 Å². The summed E-state index contributed by atoms with van der Waals surface area (Å²) in [5.41, 5.74) is 7.12. The van der Waals surface area contributed by atoms with Gasteiger partial charge in [-0.1, -0.05) is 31.1 Å². The maximum Gasteiger partial charge on any atom is 0.243 e. The summed E-state index contributed by atoms with van der Waals surface area (Å²) in [5.74, 6) is 2.14. The quantitative estimate of drug-likeness (QED) is 0.817. The molecule has 2 rings (SSSR count). The molecule has 0 bridgehead atoms. The van der Waals surface area contributed by atoms with Crippen LogP contribution in [0.2, 0.25) is 0 Å². The van der Waals surface area contributed by atoms with Gasteiger partial charge in [-0.05, 0) is 30.5 Å². The van der Waals surface area contributed by atoms with Crippen molar-refractivity contribution >= 4 is 11.8 Å². The second kappa shape index (κ2) is 7.47. The molecule has 0 spiro atoms. The third-order valence-corrected chi connectivity index (χ3v) is 4.59. The standard InChI is InChI=1S/C15H21N3O2S/c1-3-10(2)21-9-14-17-15(20-18-14)13(16)8-11-4-6-12(19)7-5-11/h4-7,10,13,19H,3,8-9,16H2,1-2H3. The van der Waals surface area contributed by atoms with E-state index in [0.29, 0.717) is 23.4 Å². The lowest BCUT2D eigenvalue weighted by atomic mass is 10.1. The monoisotopic (exact) mass is 307 g/mol. The smallest absolute Gasteiger partial charge is 0.243 e. The molecular weight excluding hydrogens is 286 g/mol. The first-order chi connectivity index (χ1) is 10.1. The SMILES string of the molecule is CCC(C)SCc1noc(C(N)Cc2ccc(O)cc2)n1. The lowest BCUT2D eigenvalue weighted by Gasteiger charge is -2.06. The van der Waals surface area contributed by atoms with Gasteiger partial charge in [-0.3, -0.25) is 0 Å². The van der Waals surface area contributed by atoms with E-state index in [0.717, 1.165) is 17.7 Å². The topological polar surface area (TPSA) is 85.2 Å². The van der Waals surface area contributed by atoms with Gasteiger partial charge in [-0.2, -0.15) is 16.7 Å². The van der Waals surface area contributed by atoms with E-state index in [-0.39, 0.29) is 11.8 Å². The molecule has 0 amide bonds. The van der Waals surface area contributed by atoms with E-state index in [4.69, 9.17) is 10.3 Å². The fourth-order valence-corrected chi connectivity index (χ4v) is 2.57. The summed E-state index contributed by atoms with van der Waals surface area (Å²) in [7, 11) is 0. The Morgan fingerprint density at radius 2 is 2.05 bits per heavy atom. The van der Waals surface area contributed by atoms with E-state index in [2.05, 4.69) is 24.0 Å². The molecule has 0 fully saturated rings. The Balaban J connectivity index is 1.92. The fourth-order valence-electron chi connectivity index (χ4n) is 1.78. The van der Waals surface area contributed by atoms with Gasteiger partial charge in [0, 0.05) is 5.25 Å². The molecule has 1 aromatic heterocycles. The van der Waals surface area contributed by atoms with Crippen molar-refractivity contribution in [1.82, 2.24) is 10.1 Å². The number of hydrogen-bond acceptors (Lipinski definition) is 6. The summed E-state index contributed by atoms with van der Waals surface area (Å²) < 4.78 is 5.24. The van der Waals surface area contributed by atoms with Crippen molar-refractivity contribution < 1.29 is 9.63 Å². The van der Waals surface area contributed by atoms with Gasteiger partial charge in [-0.25, -0.2) is 0 Å². The predicted molar refractivity (Wildman–Crippen MR) is 84.1 cm³/mol. The summed E-state index contributed by atoms with van der Waals surface area (Å²) in [6, 6.07) is 6.63. The molecule has 114 valence electrons. The maximum absolute atomic E-state index is 9.26. The van der Waals surface area contributed by atoms with E-state index in [1.54, 1.807) is 23.9 Å². The molecule has 2 atom stereocenters. The van der Waals surface area contributed by atoms with Gasteiger partial charge in [0.05, 0.1) is 11.8 Å². The van der Waals surface area contributed by atoms with Crippen molar-refractivity contribution in [1.29, 1.82) is 0 Å². The lowest BCUT2D eigenvalue weighted by Crippen LogP contribution is -2.13. The third kappa shape index (κ3) is 4.75. The van der Waals surface area contributed by atoms with Crippen molar-refractivity contribution in [2.45, 2.75) is 43.7 Å². The average Bonchev–Trinajstić information content (AvgIpc) is 2.96. The van der Waals surface area contributed by atoms with Crippen LogP contribution in [-0.4, -0.2) is 20.5 Å². The van der Waals surface area contributed by atoms with Gasteiger partial charge in [-0.15, -0.1) is 0 Å². The van der Waals surface area contributed by atoms with Crippen molar-refractivity contribution in [3.8, 4) is 5.75 Å². The number of rotatable bonds is 7. The van der Waals surface area contributed by atoms with Crippen LogP contribution in [0.25, 0.3) is 0 Å². The second-order valence-corrected chi connectivity index (χ2v) is 6.48. The molecule has 2 aromatic rings. The van der Waals surface area contributed by atoms with Crippen LogP contribution in [0.5, 0.6) is 5.75 Å². The number of benzene rings is 1. The Bertz CT molecular complexity index is 556. The second-order valence-electron chi connectivity index (χ2n) is 5.06. The molecule has 0 saturated carbocycles. The highest BCUT2D eigenvalue weighted by molar-refractivity contribution is 7.99. The number of nitrogens with two attached hydrogens (primary N) is 1. The Labute approximate surface area is 128 Å². The molecule has 6 heteroatoms. The normalized spacial score (nSPS) is 14.0.